The van der Waals surface area contributed by atoms with Crippen molar-refractivity contribution in [2.75, 3.05) is 0 Å². The summed E-state index contributed by atoms with van der Waals surface area (Å²) in [7, 11) is 0. The van der Waals surface area contributed by atoms with Gasteiger partial charge in [0.15, 0.2) is 11.5 Å². The molecule has 0 spiro atoms. The molecule has 1 aliphatic carbocycles. The molecule has 0 saturated heterocycles. The Labute approximate surface area is 100 Å². The van der Waals surface area contributed by atoms with Gasteiger partial charge in [-0.2, -0.15) is 0 Å². The Morgan fingerprint density at radius 2 is 2.00 bits per heavy atom. The molecule has 1 aromatic carbocycles. The fourth-order valence-corrected chi connectivity index (χ4v) is 2.84. The Hall–Kier alpha value is -1.51. The highest BCUT2D eigenvalue weighted by Gasteiger charge is 2.20. The van der Waals surface area contributed by atoms with Gasteiger partial charge < -0.3 is 9.52 Å². The number of aryl methyl sites for hydroxylation is 1. The minimum Gasteiger partial charge on any atom is -0.508 e. The molecule has 90 valence electrons. The maximum absolute atomic E-state index is 10.1. The van der Waals surface area contributed by atoms with Crippen LogP contribution in [0.2, 0.25) is 0 Å². The van der Waals surface area contributed by atoms with Gasteiger partial charge in [-0.25, -0.2) is 4.98 Å². The molecule has 17 heavy (non-hydrogen) atoms. The van der Waals surface area contributed by atoms with Gasteiger partial charge in [0.05, 0.1) is 0 Å². The Morgan fingerprint density at radius 1 is 1.24 bits per heavy atom. The zero-order valence-corrected chi connectivity index (χ0v) is 10.1. The third kappa shape index (κ3) is 1.90. The predicted molar refractivity (Wildman–Crippen MR) is 66.2 cm³/mol. The van der Waals surface area contributed by atoms with E-state index >= 15 is 0 Å². The monoisotopic (exact) mass is 231 g/mol. The van der Waals surface area contributed by atoms with Crippen molar-refractivity contribution in [1.29, 1.82) is 0 Å². The molecule has 0 bridgehead atoms. The molecule has 0 radical (unpaired) electrons. The number of benzene rings is 1. The van der Waals surface area contributed by atoms with Crippen molar-refractivity contribution in [3.63, 3.8) is 0 Å². The number of hydrogen-bond acceptors (Lipinski definition) is 3. The van der Waals surface area contributed by atoms with Gasteiger partial charge in [-0.1, -0.05) is 19.3 Å². The summed E-state index contributed by atoms with van der Waals surface area (Å²) in [6, 6.07) is 3.70. The van der Waals surface area contributed by atoms with Crippen molar-refractivity contribution in [3.05, 3.63) is 23.6 Å². The summed E-state index contributed by atoms with van der Waals surface area (Å²) in [5, 5.41) is 10.1. The molecule has 0 unspecified atom stereocenters. The molecule has 3 nitrogen and oxygen atoms in total. The van der Waals surface area contributed by atoms with Crippen LogP contribution in [0.3, 0.4) is 0 Å². The Balaban J connectivity index is 2.05. The normalized spacial score (nSPS) is 17.7. The van der Waals surface area contributed by atoms with E-state index in [0.29, 0.717) is 23.1 Å². The fraction of sp³-hybridized carbons (Fsp3) is 0.500. The van der Waals surface area contributed by atoms with Gasteiger partial charge in [-0.3, -0.25) is 0 Å². The second kappa shape index (κ2) is 4.06. The first kappa shape index (κ1) is 10.6. The Bertz CT molecular complexity index is 538. The lowest BCUT2D eigenvalue weighted by Crippen LogP contribution is -2.04. The Morgan fingerprint density at radius 3 is 2.76 bits per heavy atom. The smallest absolute Gasteiger partial charge is 0.192 e. The molecule has 3 heteroatoms. The fourth-order valence-electron chi connectivity index (χ4n) is 2.84. The van der Waals surface area contributed by atoms with Crippen molar-refractivity contribution in [2.45, 2.75) is 44.9 Å². The molecule has 1 saturated carbocycles. The van der Waals surface area contributed by atoms with E-state index in [1.165, 1.54) is 32.1 Å². The summed E-state index contributed by atoms with van der Waals surface area (Å²) in [5.74, 6) is 1.51. The number of nitrogens with zero attached hydrogens (tertiary/aromatic N) is 1. The van der Waals surface area contributed by atoms with Crippen LogP contribution < -0.4 is 0 Å². The van der Waals surface area contributed by atoms with Crippen molar-refractivity contribution in [1.82, 2.24) is 4.98 Å². The number of aromatic nitrogens is 1. The standard InChI is InChI=1S/C14H17NO2/c1-9-15-12-7-11(10-5-3-2-4-6-10)13(16)8-14(12)17-9/h7-8,10,16H,2-6H2,1H3. The molecule has 0 aliphatic heterocycles. The third-order valence-corrected chi connectivity index (χ3v) is 3.69. The molecule has 0 atom stereocenters. The second-order valence-corrected chi connectivity index (χ2v) is 4.95. The van der Waals surface area contributed by atoms with Crippen LogP contribution in [0.1, 0.15) is 49.5 Å². The van der Waals surface area contributed by atoms with E-state index in [-0.39, 0.29) is 0 Å². The highest BCUT2D eigenvalue weighted by atomic mass is 16.3. The van der Waals surface area contributed by atoms with Crippen LogP contribution >= 0.6 is 0 Å². The van der Waals surface area contributed by atoms with E-state index in [1.54, 1.807) is 6.07 Å². The van der Waals surface area contributed by atoms with Gasteiger partial charge in [0.1, 0.15) is 11.3 Å². The minimum absolute atomic E-state index is 0.362. The summed E-state index contributed by atoms with van der Waals surface area (Å²) in [6.07, 6.45) is 6.20. The molecule has 3 rings (SSSR count). The van der Waals surface area contributed by atoms with E-state index in [0.717, 1.165) is 11.1 Å². The van der Waals surface area contributed by atoms with Gasteiger partial charge in [0.25, 0.3) is 0 Å². The largest absolute Gasteiger partial charge is 0.508 e. The summed E-state index contributed by atoms with van der Waals surface area (Å²) < 4.78 is 5.42. The topological polar surface area (TPSA) is 46.3 Å². The molecule has 1 aromatic heterocycles. The van der Waals surface area contributed by atoms with Crippen molar-refractivity contribution < 1.29 is 9.52 Å². The number of phenolic OH excluding ortho intramolecular Hbond substituents is 1. The lowest BCUT2D eigenvalue weighted by atomic mass is 9.83. The van der Waals surface area contributed by atoms with Gasteiger partial charge in [0.2, 0.25) is 0 Å². The van der Waals surface area contributed by atoms with Crippen LogP contribution in [0, 0.1) is 6.92 Å². The van der Waals surface area contributed by atoms with Crippen LogP contribution in [-0.4, -0.2) is 10.1 Å². The number of rotatable bonds is 1. The van der Waals surface area contributed by atoms with Gasteiger partial charge in [-0.05, 0) is 30.4 Å². The second-order valence-electron chi connectivity index (χ2n) is 4.95. The number of oxazole rings is 1. The summed E-state index contributed by atoms with van der Waals surface area (Å²) in [6.45, 7) is 1.83. The summed E-state index contributed by atoms with van der Waals surface area (Å²) in [4.78, 5) is 4.33. The average Bonchev–Trinajstić information content (AvgIpc) is 2.68. The molecule has 1 aliphatic rings. The van der Waals surface area contributed by atoms with E-state index in [1.807, 2.05) is 13.0 Å². The van der Waals surface area contributed by atoms with Crippen molar-refractivity contribution in [3.8, 4) is 5.75 Å². The first-order valence-corrected chi connectivity index (χ1v) is 6.34. The highest BCUT2D eigenvalue weighted by Crippen LogP contribution is 2.38. The number of aromatic hydroxyl groups is 1. The average molecular weight is 231 g/mol. The van der Waals surface area contributed by atoms with Crippen LogP contribution in [-0.2, 0) is 0 Å². The molecule has 0 amide bonds. The maximum Gasteiger partial charge on any atom is 0.192 e. The first-order chi connectivity index (χ1) is 8.24. The van der Waals surface area contributed by atoms with E-state index in [4.69, 9.17) is 4.42 Å². The maximum atomic E-state index is 10.1. The molecular formula is C14H17NO2. The van der Waals surface area contributed by atoms with Gasteiger partial charge in [-0.15, -0.1) is 0 Å². The summed E-state index contributed by atoms with van der Waals surface area (Å²) in [5.41, 5.74) is 2.59. The van der Waals surface area contributed by atoms with Crippen molar-refractivity contribution in [2.24, 2.45) is 0 Å². The first-order valence-electron chi connectivity index (χ1n) is 6.34. The molecule has 1 heterocycles. The van der Waals surface area contributed by atoms with Crippen LogP contribution in [0.15, 0.2) is 16.5 Å². The van der Waals surface area contributed by atoms with E-state index in [2.05, 4.69) is 4.98 Å². The van der Waals surface area contributed by atoms with Crippen LogP contribution in [0.4, 0.5) is 0 Å². The highest BCUT2D eigenvalue weighted by molar-refractivity contribution is 5.76. The zero-order chi connectivity index (χ0) is 11.8. The lowest BCUT2D eigenvalue weighted by Gasteiger charge is -2.22. The zero-order valence-electron chi connectivity index (χ0n) is 10.1. The molecule has 1 N–H and O–H groups in total. The van der Waals surface area contributed by atoms with Gasteiger partial charge >= 0.3 is 0 Å². The quantitative estimate of drug-likeness (QED) is 0.809. The number of phenols is 1. The molecule has 1 fully saturated rings. The van der Waals surface area contributed by atoms with Crippen molar-refractivity contribution >= 4 is 11.1 Å². The molecular weight excluding hydrogens is 214 g/mol. The van der Waals surface area contributed by atoms with Gasteiger partial charge in [0, 0.05) is 13.0 Å². The van der Waals surface area contributed by atoms with Crippen LogP contribution in [0.25, 0.3) is 11.1 Å². The lowest BCUT2D eigenvalue weighted by molar-refractivity contribution is 0.414. The minimum atomic E-state index is 0.362. The molecule has 2 aromatic rings. The predicted octanol–water partition coefficient (Wildman–Crippen LogP) is 3.89. The number of fused-ring (bicyclic) bond motifs is 1. The van der Waals surface area contributed by atoms with Crippen LogP contribution in [0.5, 0.6) is 5.75 Å². The number of hydrogen-bond donors (Lipinski definition) is 1. The van der Waals surface area contributed by atoms with E-state index < -0.39 is 0 Å². The third-order valence-electron chi connectivity index (χ3n) is 3.69. The Kier molecular flexibility index (Phi) is 2.54. The SMILES string of the molecule is Cc1nc2cc(C3CCCCC3)c(O)cc2o1. The summed E-state index contributed by atoms with van der Waals surface area (Å²) >= 11 is 0. The van der Waals surface area contributed by atoms with E-state index in [9.17, 15) is 5.11 Å².